The molecule has 0 heterocycles. The lowest BCUT2D eigenvalue weighted by Crippen LogP contribution is -1.78. The Bertz CT molecular complexity index is 158. The van der Waals surface area contributed by atoms with Gasteiger partial charge in [0.25, 0.3) is 0 Å². The number of allylic oxidation sites excluding steroid dienone is 1. The van der Waals surface area contributed by atoms with Crippen molar-refractivity contribution in [3.63, 3.8) is 0 Å². The lowest BCUT2D eigenvalue weighted by Gasteiger charge is -1.96. The molecule has 0 aromatic rings. The second-order valence-electron chi connectivity index (χ2n) is 3.12. The van der Waals surface area contributed by atoms with Crippen LogP contribution in [0.4, 0.5) is 0 Å². The van der Waals surface area contributed by atoms with E-state index in [-0.39, 0.29) is 6.61 Å². The Hall–Kier alpha value is -0.810. The van der Waals surface area contributed by atoms with E-state index in [2.05, 4.69) is 6.07 Å². The highest BCUT2D eigenvalue weighted by Crippen LogP contribution is 2.06. The topological polar surface area (TPSA) is 44.0 Å². The molecular formula is C11H19NO. The van der Waals surface area contributed by atoms with Crippen molar-refractivity contribution in [2.45, 2.75) is 44.9 Å². The van der Waals surface area contributed by atoms with Crippen LogP contribution in [0.25, 0.3) is 0 Å². The van der Waals surface area contributed by atoms with Gasteiger partial charge in [0.1, 0.15) is 0 Å². The van der Waals surface area contributed by atoms with E-state index in [9.17, 15) is 0 Å². The summed E-state index contributed by atoms with van der Waals surface area (Å²) in [6.07, 6.45) is 11.5. The Morgan fingerprint density at radius 1 is 1.00 bits per heavy atom. The van der Waals surface area contributed by atoms with Crippen LogP contribution in [-0.4, -0.2) is 11.7 Å². The third kappa shape index (κ3) is 11.2. The van der Waals surface area contributed by atoms with Crippen molar-refractivity contribution in [1.29, 1.82) is 5.26 Å². The molecule has 2 nitrogen and oxygen atoms in total. The highest BCUT2D eigenvalue weighted by atomic mass is 16.2. The molecule has 0 aromatic heterocycles. The number of rotatable bonds is 8. The Morgan fingerprint density at radius 3 is 2.38 bits per heavy atom. The Kier molecular flexibility index (Phi) is 10.5. The fraction of sp³-hybridized carbons (Fsp3) is 0.727. The summed E-state index contributed by atoms with van der Waals surface area (Å²) in [5, 5.41) is 16.7. The minimum atomic E-state index is 0.155. The second-order valence-corrected chi connectivity index (χ2v) is 3.12. The van der Waals surface area contributed by atoms with Crippen molar-refractivity contribution in [1.82, 2.24) is 0 Å². The van der Waals surface area contributed by atoms with Crippen LogP contribution in [0, 0.1) is 11.3 Å². The van der Waals surface area contributed by atoms with Gasteiger partial charge in [0.05, 0.1) is 12.7 Å². The first kappa shape index (κ1) is 12.2. The predicted octanol–water partition coefficient (Wildman–Crippen LogP) is 2.79. The quantitative estimate of drug-likeness (QED) is 0.462. The average molecular weight is 181 g/mol. The molecule has 0 bridgehead atoms. The molecule has 13 heavy (non-hydrogen) atoms. The summed E-state index contributed by atoms with van der Waals surface area (Å²) in [4.78, 5) is 0. The van der Waals surface area contributed by atoms with Gasteiger partial charge in [-0.1, -0.05) is 31.4 Å². The maximum Gasteiger partial charge on any atom is 0.0621 e. The lowest BCUT2D eigenvalue weighted by molar-refractivity contribution is 0.342. The maximum atomic E-state index is 8.45. The van der Waals surface area contributed by atoms with E-state index in [0.29, 0.717) is 6.42 Å². The van der Waals surface area contributed by atoms with Gasteiger partial charge in [-0.2, -0.15) is 5.26 Å². The van der Waals surface area contributed by atoms with E-state index in [4.69, 9.17) is 10.4 Å². The highest BCUT2D eigenvalue weighted by molar-refractivity contribution is 4.80. The van der Waals surface area contributed by atoms with Gasteiger partial charge in [-0.3, -0.25) is 0 Å². The molecule has 0 radical (unpaired) electrons. The van der Waals surface area contributed by atoms with Gasteiger partial charge in [0.2, 0.25) is 0 Å². The van der Waals surface area contributed by atoms with Gasteiger partial charge >= 0.3 is 0 Å². The van der Waals surface area contributed by atoms with Gasteiger partial charge in [0, 0.05) is 6.42 Å². The molecule has 0 aromatic carbocycles. The fourth-order valence-corrected chi connectivity index (χ4v) is 1.19. The van der Waals surface area contributed by atoms with Crippen molar-refractivity contribution >= 4 is 0 Å². The summed E-state index contributed by atoms with van der Waals surface area (Å²) in [5.41, 5.74) is 0. The minimum Gasteiger partial charge on any atom is -0.392 e. The molecule has 74 valence electrons. The molecule has 2 heteroatoms. The number of unbranched alkanes of at least 4 members (excludes halogenated alkanes) is 6. The van der Waals surface area contributed by atoms with Crippen molar-refractivity contribution in [3.05, 3.63) is 12.2 Å². The van der Waals surface area contributed by atoms with Crippen LogP contribution in [-0.2, 0) is 0 Å². The molecule has 0 spiro atoms. The van der Waals surface area contributed by atoms with E-state index in [1.165, 1.54) is 25.7 Å². The second kappa shape index (κ2) is 11.2. The van der Waals surface area contributed by atoms with Crippen molar-refractivity contribution in [3.8, 4) is 6.07 Å². The summed E-state index contributed by atoms with van der Waals surface area (Å²) >= 11 is 0. The van der Waals surface area contributed by atoms with Crippen molar-refractivity contribution < 1.29 is 5.11 Å². The lowest BCUT2D eigenvalue weighted by atomic mass is 10.1. The number of nitrogens with zero attached hydrogens (tertiary/aromatic N) is 1. The van der Waals surface area contributed by atoms with Crippen LogP contribution in [0.5, 0.6) is 0 Å². The molecule has 1 N–H and O–H groups in total. The zero-order valence-electron chi connectivity index (χ0n) is 8.21. The van der Waals surface area contributed by atoms with Crippen LogP contribution >= 0.6 is 0 Å². The number of aliphatic hydroxyl groups is 1. The molecule has 0 rings (SSSR count). The zero-order valence-corrected chi connectivity index (χ0v) is 8.21. The molecule has 0 fully saturated rings. The molecule has 0 saturated carbocycles. The first-order chi connectivity index (χ1) is 6.41. The Morgan fingerprint density at radius 2 is 1.69 bits per heavy atom. The van der Waals surface area contributed by atoms with E-state index >= 15 is 0 Å². The van der Waals surface area contributed by atoms with Crippen LogP contribution in [0.15, 0.2) is 12.2 Å². The van der Waals surface area contributed by atoms with Crippen molar-refractivity contribution in [2.75, 3.05) is 6.61 Å². The molecule has 0 saturated heterocycles. The highest BCUT2D eigenvalue weighted by Gasteiger charge is 1.88. The first-order valence-electron chi connectivity index (χ1n) is 5.04. The third-order valence-corrected chi connectivity index (χ3v) is 1.93. The molecule has 0 aliphatic heterocycles. The van der Waals surface area contributed by atoms with Crippen LogP contribution < -0.4 is 0 Å². The van der Waals surface area contributed by atoms with Gasteiger partial charge in [-0.05, 0) is 19.3 Å². The zero-order chi connectivity index (χ0) is 9.78. The normalized spacial score (nSPS) is 10.5. The molecule has 0 unspecified atom stereocenters. The average Bonchev–Trinajstić information content (AvgIpc) is 2.16. The van der Waals surface area contributed by atoms with E-state index in [1.807, 2.05) is 6.08 Å². The smallest absolute Gasteiger partial charge is 0.0621 e. The summed E-state index contributed by atoms with van der Waals surface area (Å²) in [6, 6.07) is 2.15. The first-order valence-corrected chi connectivity index (χ1v) is 5.04. The standard InChI is InChI=1S/C11H19NO/c12-10-8-6-4-2-1-3-5-7-9-11-13/h7,9,13H,1-6,8,11H2/b9-7+. The monoisotopic (exact) mass is 181 g/mol. The Labute approximate surface area is 80.9 Å². The summed E-state index contributed by atoms with van der Waals surface area (Å²) < 4.78 is 0. The minimum absolute atomic E-state index is 0.155. The number of nitriles is 1. The molecular weight excluding hydrogens is 162 g/mol. The Balaban J connectivity index is 2.92. The fourth-order valence-electron chi connectivity index (χ4n) is 1.19. The SMILES string of the molecule is N#CCCCCCCC/C=C/CO. The third-order valence-electron chi connectivity index (χ3n) is 1.93. The van der Waals surface area contributed by atoms with Gasteiger partial charge in [-0.15, -0.1) is 0 Å². The summed E-state index contributed by atoms with van der Waals surface area (Å²) in [7, 11) is 0. The van der Waals surface area contributed by atoms with E-state index in [1.54, 1.807) is 6.08 Å². The van der Waals surface area contributed by atoms with E-state index < -0.39 is 0 Å². The number of hydrogen-bond donors (Lipinski definition) is 1. The predicted molar refractivity (Wildman–Crippen MR) is 54.2 cm³/mol. The molecule has 0 atom stereocenters. The van der Waals surface area contributed by atoms with Gasteiger partial charge in [0.15, 0.2) is 0 Å². The molecule has 0 amide bonds. The van der Waals surface area contributed by atoms with Crippen LogP contribution in [0.2, 0.25) is 0 Å². The van der Waals surface area contributed by atoms with Crippen LogP contribution in [0.3, 0.4) is 0 Å². The maximum absolute atomic E-state index is 8.45. The number of hydrogen-bond acceptors (Lipinski definition) is 2. The van der Waals surface area contributed by atoms with Gasteiger partial charge in [-0.25, -0.2) is 0 Å². The van der Waals surface area contributed by atoms with Crippen molar-refractivity contribution in [2.24, 2.45) is 0 Å². The molecule has 0 aliphatic rings. The molecule has 0 aliphatic carbocycles. The number of aliphatic hydroxyl groups excluding tert-OH is 1. The van der Waals surface area contributed by atoms with E-state index in [0.717, 1.165) is 12.8 Å². The van der Waals surface area contributed by atoms with Crippen LogP contribution in [0.1, 0.15) is 44.9 Å². The summed E-state index contributed by atoms with van der Waals surface area (Å²) in [5.74, 6) is 0. The van der Waals surface area contributed by atoms with Gasteiger partial charge < -0.3 is 5.11 Å². The summed E-state index contributed by atoms with van der Waals surface area (Å²) in [6.45, 7) is 0.155. The largest absolute Gasteiger partial charge is 0.392 e.